The Bertz CT molecular complexity index is 855. The maximum Gasteiger partial charge on any atom is 0.254 e. The Morgan fingerprint density at radius 1 is 1.28 bits per heavy atom. The van der Waals surface area contributed by atoms with E-state index >= 15 is 0 Å². The molecule has 3 rings (SSSR count). The van der Waals surface area contributed by atoms with Crippen LogP contribution in [0, 0.1) is 17.2 Å². The number of thiazole rings is 1. The molecule has 8 heteroatoms. The molecule has 29 heavy (non-hydrogen) atoms. The van der Waals surface area contributed by atoms with Gasteiger partial charge in [-0.05, 0) is 24.1 Å². The van der Waals surface area contributed by atoms with Crippen molar-refractivity contribution in [1.29, 1.82) is 5.26 Å². The molecule has 2 heterocycles. The number of methoxy groups -OCH3 is 1. The average molecular weight is 415 g/mol. The minimum atomic E-state index is -0.110. The topological polar surface area (TPSA) is 78.7 Å². The van der Waals surface area contributed by atoms with E-state index in [-0.39, 0.29) is 17.9 Å². The third-order valence-corrected chi connectivity index (χ3v) is 5.66. The summed E-state index contributed by atoms with van der Waals surface area (Å²) in [5, 5.41) is 11.3. The van der Waals surface area contributed by atoms with Gasteiger partial charge < -0.3 is 14.4 Å². The van der Waals surface area contributed by atoms with Crippen molar-refractivity contribution in [3.05, 3.63) is 40.3 Å². The molecule has 1 amide bonds. The van der Waals surface area contributed by atoms with Crippen molar-refractivity contribution in [3.8, 4) is 17.6 Å². The van der Waals surface area contributed by atoms with Gasteiger partial charge >= 0.3 is 0 Å². The van der Waals surface area contributed by atoms with E-state index in [9.17, 15) is 10.1 Å². The van der Waals surface area contributed by atoms with Crippen LogP contribution in [0.4, 0.5) is 0 Å². The number of nitriles is 1. The molecular formula is C21H26N4O3S. The Balaban J connectivity index is 1.63. The zero-order valence-electron chi connectivity index (χ0n) is 17.0. The predicted molar refractivity (Wildman–Crippen MR) is 111 cm³/mol. The van der Waals surface area contributed by atoms with Crippen LogP contribution in [-0.4, -0.2) is 60.0 Å². The van der Waals surface area contributed by atoms with E-state index in [2.05, 4.69) is 29.8 Å². The standard InChI is InChI=1S/C21H26N4O3S/c1-15(2)18(11-22)24-6-8-25(9-7-24)21(26)16-4-5-19(20(10-16)27-3)28-12-17-13-29-14-23-17/h4-5,10,13-15,18H,6-9,12H2,1-3H3. The fourth-order valence-electron chi connectivity index (χ4n) is 3.42. The molecule has 1 aliphatic rings. The first-order chi connectivity index (χ1) is 14.0. The quantitative estimate of drug-likeness (QED) is 0.693. The Hall–Kier alpha value is -2.63. The normalized spacial score (nSPS) is 15.8. The third-order valence-electron chi connectivity index (χ3n) is 5.03. The second-order valence-corrected chi connectivity index (χ2v) is 8.00. The molecule has 1 atom stereocenters. The van der Waals surface area contributed by atoms with Crippen molar-refractivity contribution in [2.24, 2.45) is 5.92 Å². The van der Waals surface area contributed by atoms with E-state index in [0.717, 1.165) is 5.69 Å². The molecule has 0 spiro atoms. The van der Waals surface area contributed by atoms with E-state index in [1.165, 1.54) is 11.3 Å². The van der Waals surface area contributed by atoms with Gasteiger partial charge in [0.15, 0.2) is 11.5 Å². The summed E-state index contributed by atoms with van der Waals surface area (Å²) in [5.41, 5.74) is 3.18. The zero-order chi connectivity index (χ0) is 20.8. The van der Waals surface area contributed by atoms with Crippen molar-refractivity contribution >= 4 is 17.2 Å². The molecule has 1 unspecified atom stereocenters. The fourth-order valence-corrected chi connectivity index (χ4v) is 3.96. The summed E-state index contributed by atoms with van der Waals surface area (Å²) in [6, 6.07) is 7.52. The largest absolute Gasteiger partial charge is 0.493 e. The van der Waals surface area contributed by atoms with Crippen LogP contribution in [0.2, 0.25) is 0 Å². The number of hydrogen-bond acceptors (Lipinski definition) is 7. The molecule has 1 saturated heterocycles. The molecule has 154 valence electrons. The molecule has 2 aromatic rings. The second kappa shape index (κ2) is 9.72. The highest BCUT2D eigenvalue weighted by molar-refractivity contribution is 7.07. The maximum absolute atomic E-state index is 12.9. The van der Waals surface area contributed by atoms with Crippen molar-refractivity contribution in [2.75, 3.05) is 33.3 Å². The second-order valence-electron chi connectivity index (χ2n) is 7.28. The van der Waals surface area contributed by atoms with Gasteiger partial charge in [-0.2, -0.15) is 5.26 Å². The van der Waals surface area contributed by atoms with Gasteiger partial charge in [-0.15, -0.1) is 11.3 Å². The average Bonchev–Trinajstić information content (AvgIpc) is 3.26. The first-order valence-corrected chi connectivity index (χ1v) is 10.6. The number of ether oxygens (including phenoxy) is 2. The van der Waals surface area contributed by atoms with Gasteiger partial charge in [-0.1, -0.05) is 13.8 Å². The summed E-state index contributed by atoms with van der Waals surface area (Å²) < 4.78 is 11.2. The molecule has 1 aliphatic heterocycles. The lowest BCUT2D eigenvalue weighted by Crippen LogP contribution is -2.52. The lowest BCUT2D eigenvalue weighted by Gasteiger charge is -2.38. The molecule has 1 aromatic carbocycles. The van der Waals surface area contributed by atoms with E-state index in [1.807, 2.05) is 10.3 Å². The van der Waals surface area contributed by atoms with Gasteiger partial charge in [0.05, 0.1) is 24.4 Å². The van der Waals surface area contributed by atoms with Crippen LogP contribution in [-0.2, 0) is 6.61 Å². The number of aromatic nitrogens is 1. The minimum Gasteiger partial charge on any atom is -0.493 e. The van der Waals surface area contributed by atoms with Crippen molar-refractivity contribution < 1.29 is 14.3 Å². The molecular weight excluding hydrogens is 388 g/mol. The number of hydrogen-bond donors (Lipinski definition) is 0. The Morgan fingerprint density at radius 3 is 2.62 bits per heavy atom. The molecule has 0 aliphatic carbocycles. The van der Waals surface area contributed by atoms with Crippen LogP contribution in [0.5, 0.6) is 11.5 Å². The Labute approximate surface area is 175 Å². The lowest BCUT2D eigenvalue weighted by molar-refractivity contribution is 0.0576. The van der Waals surface area contributed by atoms with Crippen LogP contribution in [0.25, 0.3) is 0 Å². The Kier molecular flexibility index (Phi) is 7.07. The number of rotatable bonds is 7. The smallest absolute Gasteiger partial charge is 0.254 e. The maximum atomic E-state index is 12.9. The third kappa shape index (κ3) is 5.05. The highest BCUT2D eigenvalue weighted by Crippen LogP contribution is 2.29. The highest BCUT2D eigenvalue weighted by Gasteiger charge is 2.28. The van der Waals surface area contributed by atoms with Gasteiger partial charge in [-0.25, -0.2) is 4.98 Å². The number of piperazine rings is 1. The van der Waals surface area contributed by atoms with E-state index in [4.69, 9.17) is 9.47 Å². The van der Waals surface area contributed by atoms with E-state index in [1.54, 1.807) is 30.8 Å². The number of nitrogens with zero attached hydrogens (tertiary/aromatic N) is 4. The van der Waals surface area contributed by atoms with Crippen LogP contribution in [0.15, 0.2) is 29.1 Å². The molecule has 0 radical (unpaired) electrons. The monoisotopic (exact) mass is 414 g/mol. The van der Waals surface area contributed by atoms with Gasteiger partial charge in [0, 0.05) is 37.1 Å². The highest BCUT2D eigenvalue weighted by atomic mass is 32.1. The summed E-state index contributed by atoms with van der Waals surface area (Å²) in [6.07, 6.45) is 0. The predicted octanol–water partition coefficient (Wildman–Crippen LogP) is 3.04. The number of carbonyl (C=O) groups is 1. The molecule has 1 fully saturated rings. The number of carbonyl (C=O) groups excluding carboxylic acids is 1. The lowest BCUT2D eigenvalue weighted by atomic mass is 10.0. The molecule has 1 aromatic heterocycles. The summed E-state index contributed by atoms with van der Waals surface area (Å²) in [5.74, 6) is 1.33. The zero-order valence-corrected chi connectivity index (χ0v) is 17.8. The molecule has 7 nitrogen and oxygen atoms in total. The van der Waals surface area contributed by atoms with Gasteiger partial charge in [0.2, 0.25) is 0 Å². The van der Waals surface area contributed by atoms with E-state index < -0.39 is 0 Å². The van der Waals surface area contributed by atoms with Gasteiger partial charge in [-0.3, -0.25) is 9.69 Å². The van der Waals surface area contributed by atoms with Crippen molar-refractivity contribution in [1.82, 2.24) is 14.8 Å². The van der Waals surface area contributed by atoms with Crippen LogP contribution < -0.4 is 9.47 Å². The SMILES string of the molecule is COc1cc(C(=O)N2CCN(C(C#N)C(C)C)CC2)ccc1OCc1cscn1. The summed E-state index contributed by atoms with van der Waals surface area (Å²) in [7, 11) is 1.56. The summed E-state index contributed by atoms with van der Waals surface area (Å²) in [4.78, 5) is 21.1. The van der Waals surface area contributed by atoms with Crippen LogP contribution in [0.3, 0.4) is 0 Å². The van der Waals surface area contributed by atoms with Crippen LogP contribution >= 0.6 is 11.3 Å². The van der Waals surface area contributed by atoms with Crippen LogP contribution in [0.1, 0.15) is 29.9 Å². The first kappa shape index (κ1) is 21.1. The summed E-state index contributed by atoms with van der Waals surface area (Å²) >= 11 is 1.52. The molecule has 0 saturated carbocycles. The van der Waals surface area contributed by atoms with Crippen molar-refractivity contribution in [3.63, 3.8) is 0 Å². The summed E-state index contributed by atoms with van der Waals surface area (Å²) in [6.45, 7) is 7.07. The Morgan fingerprint density at radius 2 is 2.03 bits per heavy atom. The van der Waals surface area contributed by atoms with Gasteiger partial charge in [0.1, 0.15) is 12.6 Å². The van der Waals surface area contributed by atoms with Crippen molar-refractivity contribution in [2.45, 2.75) is 26.5 Å². The van der Waals surface area contributed by atoms with E-state index in [0.29, 0.717) is 49.8 Å². The van der Waals surface area contributed by atoms with Gasteiger partial charge in [0.25, 0.3) is 5.91 Å². The first-order valence-electron chi connectivity index (χ1n) is 9.64. The molecule has 0 bridgehead atoms. The number of amides is 1. The fraction of sp³-hybridized carbons (Fsp3) is 0.476. The minimum absolute atomic E-state index is 0.0351. The number of benzene rings is 1. The molecule has 0 N–H and O–H groups in total.